The van der Waals surface area contributed by atoms with Gasteiger partial charge in [0.15, 0.2) is 5.69 Å². The number of aromatic nitrogens is 3. The Labute approximate surface area is 105 Å². The van der Waals surface area contributed by atoms with Crippen LogP contribution in [0.1, 0.15) is 23.1 Å². The van der Waals surface area contributed by atoms with Gasteiger partial charge in [0.05, 0.1) is 25.9 Å². The van der Waals surface area contributed by atoms with E-state index in [1.54, 1.807) is 0 Å². The fourth-order valence-electron chi connectivity index (χ4n) is 1.32. The van der Waals surface area contributed by atoms with Crippen LogP contribution in [-0.2, 0) is 17.5 Å². The lowest BCUT2D eigenvalue weighted by atomic mass is 10.3. The molecule has 10 heteroatoms. The Hall–Kier alpha value is -1.68. The van der Waals surface area contributed by atoms with E-state index in [0.29, 0.717) is 4.68 Å². The summed E-state index contributed by atoms with van der Waals surface area (Å²) >= 11 is 0. The Bertz CT molecular complexity index is 446. The summed E-state index contributed by atoms with van der Waals surface area (Å²) < 4.78 is 43.3. The van der Waals surface area contributed by atoms with Gasteiger partial charge in [-0.2, -0.15) is 13.2 Å². The van der Waals surface area contributed by atoms with Gasteiger partial charge in [-0.1, -0.05) is 5.21 Å². The van der Waals surface area contributed by atoms with Gasteiger partial charge in [-0.05, 0) is 6.92 Å². The molecule has 0 fully saturated rings. The molecule has 0 aliphatic rings. The first-order valence-electron chi connectivity index (χ1n) is 5.28. The molecule has 19 heavy (non-hydrogen) atoms. The molecule has 1 atom stereocenters. The summed E-state index contributed by atoms with van der Waals surface area (Å²) in [6, 6.07) is 0. The van der Waals surface area contributed by atoms with E-state index in [9.17, 15) is 18.0 Å². The predicted octanol–water partition coefficient (Wildman–Crippen LogP) is -0.173. The maximum atomic E-state index is 12.8. The molecule has 1 aromatic heterocycles. The lowest BCUT2D eigenvalue weighted by Crippen LogP contribution is -2.26. The molecule has 0 bridgehead atoms. The van der Waals surface area contributed by atoms with Crippen LogP contribution in [0.4, 0.5) is 13.2 Å². The number of esters is 1. The molecule has 0 aliphatic carbocycles. The van der Waals surface area contributed by atoms with Crippen molar-refractivity contribution in [1.29, 1.82) is 0 Å². The Morgan fingerprint density at radius 3 is 2.63 bits per heavy atom. The van der Waals surface area contributed by atoms with Crippen molar-refractivity contribution >= 4 is 5.97 Å². The van der Waals surface area contributed by atoms with Crippen LogP contribution in [0.2, 0.25) is 0 Å². The lowest BCUT2D eigenvalue weighted by Gasteiger charge is -2.12. The summed E-state index contributed by atoms with van der Waals surface area (Å²) in [5, 5.41) is 24.0. The average molecular weight is 283 g/mol. The second-order valence-corrected chi connectivity index (χ2v) is 3.52. The summed E-state index contributed by atoms with van der Waals surface area (Å²) in [6.45, 7) is -0.0585. The number of hydrogen-bond donors (Lipinski definition) is 2. The predicted molar refractivity (Wildman–Crippen MR) is 54.1 cm³/mol. The molecule has 1 aromatic rings. The number of nitrogens with zero attached hydrogens (tertiary/aromatic N) is 3. The fraction of sp³-hybridized carbons (Fsp3) is 0.667. The van der Waals surface area contributed by atoms with Gasteiger partial charge in [-0.15, -0.1) is 5.10 Å². The monoisotopic (exact) mass is 283 g/mol. The lowest BCUT2D eigenvalue weighted by molar-refractivity contribution is -0.145. The van der Waals surface area contributed by atoms with Gasteiger partial charge in [0.1, 0.15) is 0 Å². The van der Waals surface area contributed by atoms with Crippen LogP contribution < -0.4 is 0 Å². The second-order valence-electron chi connectivity index (χ2n) is 3.52. The Morgan fingerprint density at radius 1 is 1.53 bits per heavy atom. The van der Waals surface area contributed by atoms with Crippen LogP contribution in [-0.4, -0.2) is 50.5 Å². The zero-order valence-electron chi connectivity index (χ0n) is 9.89. The molecule has 7 nitrogen and oxygen atoms in total. The van der Waals surface area contributed by atoms with E-state index in [0.717, 1.165) is 0 Å². The molecule has 0 amide bonds. The van der Waals surface area contributed by atoms with Crippen molar-refractivity contribution in [3.05, 3.63) is 11.4 Å². The highest BCUT2D eigenvalue weighted by molar-refractivity contribution is 5.88. The van der Waals surface area contributed by atoms with Crippen molar-refractivity contribution in [3.63, 3.8) is 0 Å². The molecule has 108 valence electrons. The molecule has 1 rings (SSSR count). The summed E-state index contributed by atoms with van der Waals surface area (Å²) in [7, 11) is 0. The number of ether oxygens (including phenoxy) is 1. The van der Waals surface area contributed by atoms with E-state index in [4.69, 9.17) is 10.2 Å². The van der Waals surface area contributed by atoms with E-state index in [2.05, 4.69) is 15.0 Å². The maximum Gasteiger partial charge on any atom is 0.435 e. The van der Waals surface area contributed by atoms with Crippen LogP contribution in [0.5, 0.6) is 0 Å². The van der Waals surface area contributed by atoms with Crippen molar-refractivity contribution in [3.8, 4) is 0 Å². The number of carbonyl (C=O) groups is 1. The van der Waals surface area contributed by atoms with Crippen molar-refractivity contribution in [2.75, 3.05) is 13.2 Å². The van der Waals surface area contributed by atoms with Gasteiger partial charge in [-0.3, -0.25) is 0 Å². The summed E-state index contributed by atoms with van der Waals surface area (Å²) in [4.78, 5) is 11.3. The minimum absolute atomic E-state index is 0.109. The highest BCUT2D eigenvalue weighted by atomic mass is 19.4. The third-order valence-electron chi connectivity index (χ3n) is 2.07. The molecule has 0 aromatic carbocycles. The van der Waals surface area contributed by atoms with Crippen molar-refractivity contribution in [1.82, 2.24) is 15.0 Å². The van der Waals surface area contributed by atoms with Gasteiger partial charge in [-0.25, -0.2) is 9.48 Å². The maximum absolute atomic E-state index is 12.8. The summed E-state index contributed by atoms with van der Waals surface area (Å²) in [5.74, 6) is -1.25. The van der Waals surface area contributed by atoms with E-state index in [-0.39, 0.29) is 6.61 Å². The fourth-order valence-corrected chi connectivity index (χ4v) is 1.32. The normalized spacial score (nSPS) is 13.4. The molecule has 0 aliphatic heterocycles. The molecule has 0 spiro atoms. The van der Waals surface area contributed by atoms with Gasteiger partial charge in [0, 0.05) is 0 Å². The number of aliphatic hydroxyl groups excluding tert-OH is 2. The first-order chi connectivity index (χ1) is 8.81. The van der Waals surface area contributed by atoms with E-state index < -0.39 is 42.8 Å². The Kier molecular flexibility index (Phi) is 4.84. The molecule has 2 N–H and O–H groups in total. The molecular weight excluding hydrogens is 271 g/mol. The van der Waals surface area contributed by atoms with Gasteiger partial charge < -0.3 is 14.9 Å². The molecule has 0 radical (unpaired) electrons. The molecule has 1 heterocycles. The third kappa shape index (κ3) is 3.64. The number of carbonyl (C=O) groups excluding carboxylic acids is 1. The zero-order chi connectivity index (χ0) is 14.6. The Morgan fingerprint density at radius 2 is 2.16 bits per heavy atom. The smallest absolute Gasteiger partial charge is 0.435 e. The quantitative estimate of drug-likeness (QED) is 0.728. The minimum atomic E-state index is -4.89. The van der Waals surface area contributed by atoms with Crippen LogP contribution in [0, 0.1) is 0 Å². The standard InChI is InChI=1S/C9H12F3N3O4/c1-2-19-8(18)6-7(9(10,11)12)15(14-13-6)3-5(17)4-16/h5,16-17H,2-4H2,1H3. The topological polar surface area (TPSA) is 97.5 Å². The third-order valence-corrected chi connectivity index (χ3v) is 2.07. The number of hydrogen-bond acceptors (Lipinski definition) is 6. The number of aliphatic hydroxyl groups is 2. The highest BCUT2D eigenvalue weighted by Crippen LogP contribution is 2.31. The largest absolute Gasteiger partial charge is 0.461 e. The second kappa shape index (κ2) is 5.97. The van der Waals surface area contributed by atoms with Crippen molar-refractivity contribution in [2.24, 2.45) is 0 Å². The van der Waals surface area contributed by atoms with Crippen LogP contribution in [0.25, 0.3) is 0 Å². The molecule has 0 saturated heterocycles. The summed E-state index contributed by atoms with van der Waals surface area (Å²) in [5.41, 5.74) is -2.39. The van der Waals surface area contributed by atoms with Gasteiger partial charge in [0.2, 0.25) is 5.69 Å². The number of rotatable bonds is 5. The Balaban J connectivity index is 3.16. The number of halogens is 3. The molecule has 1 unspecified atom stereocenters. The van der Waals surface area contributed by atoms with Gasteiger partial charge in [0.25, 0.3) is 0 Å². The van der Waals surface area contributed by atoms with Crippen molar-refractivity contribution < 1.29 is 32.9 Å². The van der Waals surface area contributed by atoms with Crippen LogP contribution in [0.15, 0.2) is 0 Å². The van der Waals surface area contributed by atoms with E-state index in [1.165, 1.54) is 6.92 Å². The van der Waals surface area contributed by atoms with E-state index >= 15 is 0 Å². The average Bonchev–Trinajstić information content (AvgIpc) is 2.72. The first-order valence-corrected chi connectivity index (χ1v) is 5.28. The number of alkyl halides is 3. The van der Waals surface area contributed by atoms with Crippen LogP contribution >= 0.6 is 0 Å². The van der Waals surface area contributed by atoms with Crippen LogP contribution in [0.3, 0.4) is 0 Å². The zero-order valence-corrected chi connectivity index (χ0v) is 9.89. The minimum Gasteiger partial charge on any atom is -0.461 e. The molecule has 0 saturated carbocycles. The molecular formula is C9H12F3N3O4. The SMILES string of the molecule is CCOC(=O)c1nnn(CC(O)CO)c1C(F)(F)F. The van der Waals surface area contributed by atoms with Crippen molar-refractivity contribution in [2.45, 2.75) is 25.7 Å². The highest BCUT2D eigenvalue weighted by Gasteiger charge is 2.42. The van der Waals surface area contributed by atoms with Gasteiger partial charge >= 0.3 is 12.1 Å². The first kappa shape index (κ1) is 15.4. The van der Waals surface area contributed by atoms with E-state index in [1.807, 2.05) is 0 Å². The summed E-state index contributed by atoms with van der Waals surface area (Å²) in [6.07, 6.45) is -6.33.